The monoisotopic (exact) mass is 281 g/mol. The zero-order valence-corrected chi connectivity index (χ0v) is 10.5. The summed E-state index contributed by atoms with van der Waals surface area (Å²) >= 11 is 3.39. The van der Waals surface area contributed by atoms with Gasteiger partial charge in [-0.05, 0) is 37.1 Å². The number of halogens is 1. The molecule has 0 N–H and O–H groups in total. The van der Waals surface area contributed by atoms with Crippen LogP contribution in [0, 0.1) is 0 Å². The number of carbonyl (C=O) groups excluding carboxylic acids is 2. The molecule has 16 heavy (non-hydrogen) atoms. The third-order valence-electron chi connectivity index (χ3n) is 2.87. The number of hydrogen-bond donors (Lipinski definition) is 0. The highest BCUT2D eigenvalue weighted by atomic mass is 79.9. The van der Waals surface area contributed by atoms with E-state index in [2.05, 4.69) is 15.9 Å². The van der Waals surface area contributed by atoms with Crippen LogP contribution in [-0.4, -0.2) is 29.7 Å². The summed E-state index contributed by atoms with van der Waals surface area (Å²) in [6.45, 7) is 2.36. The second-order valence-electron chi connectivity index (χ2n) is 3.93. The summed E-state index contributed by atoms with van der Waals surface area (Å²) < 4.78 is 0.982. The van der Waals surface area contributed by atoms with Gasteiger partial charge in [-0.15, -0.1) is 0 Å². The van der Waals surface area contributed by atoms with Gasteiger partial charge in [0.25, 0.3) is 5.91 Å². The van der Waals surface area contributed by atoms with Crippen molar-refractivity contribution in [2.24, 2.45) is 0 Å². The maximum atomic E-state index is 12.1. The Labute approximate surface area is 103 Å². The summed E-state index contributed by atoms with van der Waals surface area (Å²) in [5.41, 5.74) is 1.76. The van der Waals surface area contributed by atoms with Gasteiger partial charge in [-0.25, -0.2) is 0 Å². The first kappa shape index (κ1) is 11.3. The van der Waals surface area contributed by atoms with Crippen LogP contribution < -0.4 is 0 Å². The third kappa shape index (κ3) is 1.89. The summed E-state index contributed by atoms with van der Waals surface area (Å²) in [5.74, 6) is -0.0478. The summed E-state index contributed by atoms with van der Waals surface area (Å²) in [6.07, 6.45) is 1.61. The summed E-state index contributed by atoms with van der Waals surface area (Å²) in [6, 6.07) is 5.29. The highest BCUT2D eigenvalue weighted by molar-refractivity contribution is 9.10. The molecular formula is C12H12BrNO2. The third-order valence-corrected chi connectivity index (χ3v) is 3.36. The van der Waals surface area contributed by atoms with Crippen LogP contribution >= 0.6 is 15.9 Å². The van der Waals surface area contributed by atoms with Crippen molar-refractivity contribution in [3.63, 3.8) is 0 Å². The number of amides is 1. The lowest BCUT2D eigenvalue weighted by molar-refractivity contribution is -0.111. The lowest BCUT2D eigenvalue weighted by atomic mass is 9.98. The fourth-order valence-corrected chi connectivity index (χ4v) is 2.35. The van der Waals surface area contributed by atoms with Crippen molar-refractivity contribution in [2.75, 3.05) is 6.54 Å². The SMILES string of the molecule is CC(C=O)N1CCc2cc(Br)ccc2C1=O. The summed E-state index contributed by atoms with van der Waals surface area (Å²) in [5, 5.41) is 0. The van der Waals surface area contributed by atoms with Crippen LogP contribution in [0.25, 0.3) is 0 Å². The minimum atomic E-state index is -0.343. The number of rotatable bonds is 2. The van der Waals surface area contributed by atoms with Crippen molar-refractivity contribution in [1.82, 2.24) is 4.90 Å². The zero-order valence-electron chi connectivity index (χ0n) is 8.94. The minimum Gasteiger partial charge on any atom is -0.329 e. The van der Waals surface area contributed by atoms with Gasteiger partial charge < -0.3 is 9.69 Å². The Morgan fingerprint density at radius 2 is 2.25 bits per heavy atom. The van der Waals surface area contributed by atoms with Gasteiger partial charge in [-0.2, -0.15) is 0 Å². The van der Waals surface area contributed by atoms with Crippen molar-refractivity contribution in [2.45, 2.75) is 19.4 Å². The molecule has 0 aromatic heterocycles. The fourth-order valence-electron chi connectivity index (χ4n) is 1.94. The number of hydrogen-bond acceptors (Lipinski definition) is 2. The molecule has 0 spiro atoms. The van der Waals surface area contributed by atoms with Crippen LogP contribution in [0.3, 0.4) is 0 Å². The van der Waals surface area contributed by atoms with Gasteiger partial charge in [0.1, 0.15) is 6.29 Å². The zero-order chi connectivity index (χ0) is 11.7. The second-order valence-corrected chi connectivity index (χ2v) is 4.84. The quantitative estimate of drug-likeness (QED) is 0.778. The van der Waals surface area contributed by atoms with Gasteiger partial charge in [-0.1, -0.05) is 15.9 Å². The first-order chi connectivity index (χ1) is 7.63. The van der Waals surface area contributed by atoms with Gasteiger partial charge in [0.2, 0.25) is 0 Å². The standard InChI is InChI=1S/C12H12BrNO2/c1-8(7-15)14-5-4-9-6-10(13)2-3-11(9)12(14)16/h2-3,6-8H,4-5H2,1H3. The molecule has 0 radical (unpaired) electrons. The molecule has 0 bridgehead atoms. The maximum Gasteiger partial charge on any atom is 0.254 e. The molecule has 1 aliphatic rings. The molecule has 1 aliphatic heterocycles. The largest absolute Gasteiger partial charge is 0.329 e. The Hall–Kier alpha value is -1.16. The molecular weight excluding hydrogens is 270 g/mol. The molecule has 0 saturated carbocycles. The minimum absolute atomic E-state index is 0.0478. The van der Waals surface area contributed by atoms with Crippen LogP contribution in [0.15, 0.2) is 22.7 Å². The average Bonchev–Trinajstić information content (AvgIpc) is 2.28. The van der Waals surface area contributed by atoms with E-state index < -0.39 is 0 Å². The molecule has 1 unspecified atom stereocenters. The van der Waals surface area contributed by atoms with Gasteiger partial charge in [0.05, 0.1) is 6.04 Å². The van der Waals surface area contributed by atoms with Crippen molar-refractivity contribution in [3.05, 3.63) is 33.8 Å². The molecule has 0 saturated heterocycles. The summed E-state index contributed by atoms with van der Waals surface area (Å²) in [7, 11) is 0. The average molecular weight is 282 g/mol. The maximum absolute atomic E-state index is 12.1. The van der Waals surface area contributed by atoms with E-state index in [0.29, 0.717) is 12.1 Å². The number of carbonyl (C=O) groups is 2. The molecule has 4 heteroatoms. The van der Waals surface area contributed by atoms with Crippen LogP contribution in [0.4, 0.5) is 0 Å². The molecule has 3 nitrogen and oxygen atoms in total. The number of nitrogens with zero attached hydrogens (tertiary/aromatic N) is 1. The van der Waals surface area contributed by atoms with E-state index in [9.17, 15) is 9.59 Å². The summed E-state index contributed by atoms with van der Waals surface area (Å²) in [4.78, 5) is 24.4. The number of benzene rings is 1. The molecule has 1 aromatic rings. The first-order valence-electron chi connectivity index (χ1n) is 5.18. The van der Waals surface area contributed by atoms with E-state index in [1.165, 1.54) is 0 Å². The molecule has 1 aromatic carbocycles. The van der Waals surface area contributed by atoms with Crippen molar-refractivity contribution in [1.29, 1.82) is 0 Å². The smallest absolute Gasteiger partial charge is 0.254 e. The molecule has 2 rings (SSSR count). The normalized spacial score (nSPS) is 16.9. The van der Waals surface area contributed by atoms with Crippen LogP contribution in [0.2, 0.25) is 0 Å². The van der Waals surface area contributed by atoms with E-state index in [0.717, 1.165) is 22.7 Å². The Morgan fingerprint density at radius 3 is 2.94 bits per heavy atom. The number of fused-ring (bicyclic) bond motifs is 1. The lowest BCUT2D eigenvalue weighted by Gasteiger charge is -2.31. The predicted octanol–water partition coefficient (Wildman–Crippen LogP) is 2.03. The highest BCUT2D eigenvalue weighted by Crippen LogP contribution is 2.23. The molecule has 0 aliphatic carbocycles. The predicted molar refractivity (Wildman–Crippen MR) is 64.4 cm³/mol. The Morgan fingerprint density at radius 1 is 1.50 bits per heavy atom. The van der Waals surface area contributed by atoms with Crippen molar-refractivity contribution in [3.8, 4) is 0 Å². The fraction of sp³-hybridized carbons (Fsp3) is 0.333. The van der Waals surface area contributed by atoms with Crippen LogP contribution in [0.5, 0.6) is 0 Å². The Kier molecular flexibility index (Phi) is 3.10. The van der Waals surface area contributed by atoms with E-state index in [-0.39, 0.29) is 11.9 Å². The van der Waals surface area contributed by atoms with Crippen LogP contribution in [-0.2, 0) is 11.2 Å². The van der Waals surface area contributed by atoms with Crippen LogP contribution in [0.1, 0.15) is 22.8 Å². The van der Waals surface area contributed by atoms with Gasteiger partial charge in [0, 0.05) is 16.6 Å². The van der Waals surface area contributed by atoms with Crippen molar-refractivity contribution >= 4 is 28.1 Å². The molecule has 84 valence electrons. The van der Waals surface area contributed by atoms with Gasteiger partial charge >= 0.3 is 0 Å². The Balaban J connectivity index is 2.36. The van der Waals surface area contributed by atoms with Crippen molar-refractivity contribution < 1.29 is 9.59 Å². The number of aldehydes is 1. The topological polar surface area (TPSA) is 37.4 Å². The van der Waals surface area contributed by atoms with Gasteiger partial charge in [-0.3, -0.25) is 4.79 Å². The molecule has 1 heterocycles. The molecule has 0 fully saturated rings. The lowest BCUT2D eigenvalue weighted by Crippen LogP contribution is -2.44. The molecule has 1 amide bonds. The van der Waals surface area contributed by atoms with E-state index in [4.69, 9.17) is 0 Å². The Bertz CT molecular complexity index is 445. The van der Waals surface area contributed by atoms with E-state index in [1.807, 2.05) is 18.2 Å². The van der Waals surface area contributed by atoms with E-state index >= 15 is 0 Å². The first-order valence-corrected chi connectivity index (χ1v) is 5.97. The van der Waals surface area contributed by atoms with E-state index in [1.54, 1.807) is 11.8 Å². The van der Waals surface area contributed by atoms with Gasteiger partial charge in [0.15, 0.2) is 0 Å². The highest BCUT2D eigenvalue weighted by Gasteiger charge is 2.27. The molecule has 1 atom stereocenters. The second kappa shape index (κ2) is 4.37.